The molecular formula is C21H28O4. The molecule has 4 heteroatoms. The standard InChI is InChI=1S/C21H28O4/c1-3-25-20(24)17-11-18(23)21(2)9-8-15-14-7-5-13(22)10-12(14)4-6-16(15)19(17)21/h5,7,10,15-19,22-23H,3-4,6,8-9,11H2,1-2H3/t15?,16?,17-,18-,19?,21+/m0/s1. The number of aryl methyl sites for hydroxylation is 1. The number of phenolic OH excluding ortho intramolecular Hbond substituents is 1. The molecule has 3 aliphatic rings. The summed E-state index contributed by atoms with van der Waals surface area (Å²) in [5.74, 6) is 1.02. The summed E-state index contributed by atoms with van der Waals surface area (Å²) in [6.45, 7) is 4.41. The van der Waals surface area contributed by atoms with Crippen LogP contribution in [0.25, 0.3) is 0 Å². The molecule has 0 spiro atoms. The summed E-state index contributed by atoms with van der Waals surface area (Å²) in [7, 11) is 0. The van der Waals surface area contributed by atoms with Crippen LogP contribution < -0.4 is 0 Å². The summed E-state index contributed by atoms with van der Waals surface area (Å²) >= 11 is 0. The number of carbonyl (C=O) groups is 1. The number of aromatic hydroxyl groups is 1. The fraction of sp³-hybridized carbons (Fsp3) is 0.667. The van der Waals surface area contributed by atoms with Gasteiger partial charge in [0, 0.05) is 0 Å². The number of hydrogen-bond donors (Lipinski definition) is 2. The van der Waals surface area contributed by atoms with Crippen LogP contribution in [0.1, 0.15) is 56.6 Å². The van der Waals surface area contributed by atoms with Crippen LogP contribution in [-0.2, 0) is 16.0 Å². The zero-order valence-corrected chi connectivity index (χ0v) is 15.1. The molecule has 0 bridgehead atoms. The average molecular weight is 344 g/mol. The first-order valence-electron chi connectivity index (χ1n) is 9.62. The van der Waals surface area contributed by atoms with Gasteiger partial charge in [-0.2, -0.15) is 0 Å². The Morgan fingerprint density at radius 2 is 2.16 bits per heavy atom. The predicted molar refractivity (Wildman–Crippen MR) is 94.2 cm³/mol. The molecule has 0 amide bonds. The van der Waals surface area contributed by atoms with Gasteiger partial charge in [-0.3, -0.25) is 4.79 Å². The molecule has 0 radical (unpaired) electrons. The Bertz CT molecular complexity index is 684. The molecule has 0 aliphatic heterocycles. The number of esters is 1. The van der Waals surface area contributed by atoms with Gasteiger partial charge in [0.25, 0.3) is 0 Å². The number of aliphatic hydroxyl groups is 1. The van der Waals surface area contributed by atoms with Gasteiger partial charge in [-0.1, -0.05) is 13.0 Å². The third kappa shape index (κ3) is 2.49. The van der Waals surface area contributed by atoms with Crippen molar-refractivity contribution >= 4 is 5.97 Å². The van der Waals surface area contributed by atoms with Crippen molar-refractivity contribution in [3.63, 3.8) is 0 Å². The molecule has 0 aromatic heterocycles. The molecule has 3 unspecified atom stereocenters. The molecule has 3 aliphatic carbocycles. The molecule has 2 saturated carbocycles. The first kappa shape index (κ1) is 16.9. The molecule has 6 atom stereocenters. The first-order chi connectivity index (χ1) is 12.0. The summed E-state index contributed by atoms with van der Waals surface area (Å²) in [4.78, 5) is 12.6. The van der Waals surface area contributed by atoms with Crippen LogP contribution in [-0.4, -0.2) is 28.9 Å². The summed E-state index contributed by atoms with van der Waals surface area (Å²) in [5.41, 5.74) is 2.39. The molecule has 2 N–H and O–H groups in total. The summed E-state index contributed by atoms with van der Waals surface area (Å²) in [6, 6.07) is 5.74. The van der Waals surface area contributed by atoms with Gasteiger partial charge >= 0.3 is 5.97 Å². The van der Waals surface area contributed by atoms with Crippen LogP contribution >= 0.6 is 0 Å². The largest absolute Gasteiger partial charge is 0.508 e. The number of hydrogen-bond acceptors (Lipinski definition) is 4. The van der Waals surface area contributed by atoms with Crippen molar-refractivity contribution in [3.8, 4) is 5.75 Å². The average Bonchev–Trinajstić information content (AvgIpc) is 2.86. The van der Waals surface area contributed by atoms with E-state index >= 15 is 0 Å². The van der Waals surface area contributed by atoms with Gasteiger partial charge in [-0.05, 0) is 85.5 Å². The SMILES string of the molecule is CCOC(=O)[C@H]1C[C@H](O)[C@@]2(C)CCC3c4ccc(O)cc4CCC3C12. The van der Waals surface area contributed by atoms with E-state index in [1.54, 1.807) is 6.07 Å². The zero-order valence-electron chi connectivity index (χ0n) is 15.1. The first-order valence-corrected chi connectivity index (χ1v) is 9.62. The van der Waals surface area contributed by atoms with Crippen molar-refractivity contribution in [2.45, 2.75) is 58.0 Å². The highest BCUT2D eigenvalue weighted by molar-refractivity contribution is 5.73. The van der Waals surface area contributed by atoms with E-state index < -0.39 is 6.10 Å². The maximum atomic E-state index is 12.6. The quantitative estimate of drug-likeness (QED) is 0.807. The topological polar surface area (TPSA) is 66.8 Å². The van der Waals surface area contributed by atoms with Crippen LogP contribution in [0, 0.1) is 23.2 Å². The molecule has 0 heterocycles. The van der Waals surface area contributed by atoms with Gasteiger partial charge in [0.15, 0.2) is 0 Å². The predicted octanol–water partition coefficient (Wildman–Crippen LogP) is 3.40. The molecule has 4 nitrogen and oxygen atoms in total. The van der Waals surface area contributed by atoms with Crippen molar-refractivity contribution < 1.29 is 19.7 Å². The van der Waals surface area contributed by atoms with Gasteiger partial charge in [0.1, 0.15) is 5.75 Å². The highest BCUT2D eigenvalue weighted by atomic mass is 16.5. The van der Waals surface area contributed by atoms with Gasteiger partial charge in [0.05, 0.1) is 18.6 Å². The van der Waals surface area contributed by atoms with Crippen molar-refractivity contribution in [2.24, 2.45) is 23.2 Å². The monoisotopic (exact) mass is 344 g/mol. The molecule has 25 heavy (non-hydrogen) atoms. The lowest BCUT2D eigenvalue weighted by Gasteiger charge is -2.51. The molecule has 1 aromatic rings. The van der Waals surface area contributed by atoms with E-state index in [4.69, 9.17) is 4.74 Å². The molecule has 2 fully saturated rings. The third-order valence-electron chi connectivity index (χ3n) is 7.27. The highest BCUT2D eigenvalue weighted by Gasteiger charge is 2.60. The number of rotatable bonds is 2. The van der Waals surface area contributed by atoms with Crippen molar-refractivity contribution in [1.82, 2.24) is 0 Å². The normalized spacial score (nSPS) is 39.2. The summed E-state index contributed by atoms with van der Waals surface area (Å²) < 4.78 is 5.35. The number of carbonyl (C=O) groups excluding carboxylic acids is 1. The Labute approximate surface area is 149 Å². The highest BCUT2D eigenvalue weighted by Crippen LogP contribution is 2.63. The number of fused-ring (bicyclic) bond motifs is 5. The number of phenols is 1. The van der Waals surface area contributed by atoms with Crippen molar-refractivity contribution in [1.29, 1.82) is 0 Å². The van der Waals surface area contributed by atoms with E-state index in [1.165, 1.54) is 11.1 Å². The van der Waals surface area contributed by atoms with Gasteiger partial charge in [-0.25, -0.2) is 0 Å². The Morgan fingerprint density at radius 3 is 2.92 bits per heavy atom. The van der Waals surface area contributed by atoms with E-state index in [1.807, 2.05) is 13.0 Å². The van der Waals surface area contributed by atoms with Gasteiger partial charge in [-0.15, -0.1) is 0 Å². The van der Waals surface area contributed by atoms with Crippen molar-refractivity contribution in [2.75, 3.05) is 6.61 Å². The van der Waals surface area contributed by atoms with E-state index in [-0.39, 0.29) is 23.2 Å². The third-order valence-corrected chi connectivity index (χ3v) is 7.27. The van der Waals surface area contributed by atoms with Crippen LogP contribution in [0.5, 0.6) is 5.75 Å². The summed E-state index contributed by atoms with van der Waals surface area (Å²) in [6.07, 6.45) is 4.05. The second kappa shape index (κ2) is 6.01. The minimum atomic E-state index is -0.422. The van der Waals surface area contributed by atoms with Crippen LogP contribution in [0.3, 0.4) is 0 Å². The Balaban J connectivity index is 1.71. The Kier molecular flexibility index (Phi) is 4.06. The molecule has 0 saturated heterocycles. The van der Waals surface area contributed by atoms with Crippen LogP contribution in [0.2, 0.25) is 0 Å². The van der Waals surface area contributed by atoms with E-state index in [9.17, 15) is 15.0 Å². The number of aliphatic hydroxyl groups excluding tert-OH is 1. The Hall–Kier alpha value is -1.55. The lowest BCUT2D eigenvalue weighted by atomic mass is 9.54. The minimum Gasteiger partial charge on any atom is -0.508 e. The van der Waals surface area contributed by atoms with Crippen LogP contribution in [0.15, 0.2) is 18.2 Å². The van der Waals surface area contributed by atoms with E-state index in [0.717, 1.165) is 25.7 Å². The summed E-state index contributed by atoms with van der Waals surface area (Å²) in [5, 5.41) is 20.5. The lowest BCUT2D eigenvalue weighted by molar-refractivity contribution is -0.152. The lowest BCUT2D eigenvalue weighted by Crippen LogP contribution is -2.46. The van der Waals surface area contributed by atoms with Gasteiger partial charge < -0.3 is 14.9 Å². The maximum Gasteiger partial charge on any atom is 0.309 e. The molecule has 4 rings (SSSR count). The molecular weight excluding hydrogens is 316 g/mol. The smallest absolute Gasteiger partial charge is 0.309 e. The maximum absolute atomic E-state index is 12.6. The second-order valence-electron chi connectivity index (χ2n) is 8.37. The number of ether oxygens (including phenoxy) is 1. The van der Waals surface area contributed by atoms with Gasteiger partial charge in [0.2, 0.25) is 0 Å². The molecule has 1 aromatic carbocycles. The Morgan fingerprint density at radius 1 is 1.36 bits per heavy atom. The fourth-order valence-corrected chi connectivity index (χ4v) is 6.14. The van der Waals surface area contributed by atoms with E-state index in [0.29, 0.717) is 30.6 Å². The van der Waals surface area contributed by atoms with Crippen LogP contribution in [0.4, 0.5) is 0 Å². The van der Waals surface area contributed by atoms with E-state index in [2.05, 4.69) is 13.0 Å². The van der Waals surface area contributed by atoms with Crippen molar-refractivity contribution in [3.05, 3.63) is 29.3 Å². The zero-order chi connectivity index (χ0) is 17.8. The minimum absolute atomic E-state index is 0.132. The fourth-order valence-electron chi connectivity index (χ4n) is 6.14. The number of benzene rings is 1. The second-order valence-corrected chi connectivity index (χ2v) is 8.37. The molecule has 136 valence electrons.